The van der Waals surface area contributed by atoms with Crippen LogP contribution in [-0.2, 0) is 0 Å². The van der Waals surface area contributed by atoms with Crippen LogP contribution in [0.25, 0.3) is 0 Å². The SMILES string of the molecule is O=C(c1cc(F)cc(Br)c1)N1CCCC1c1ccncc1. The van der Waals surface area contributed by atoms with Crippen LogP contribution in [0.15, 0.2) is 47.2 Å². The molecule has 3 nitrogen and oxygen atoms in total. The van der Waals surface area contributed by atoms with Gasteiger partial charge >= 0.3 is 0 Å². The molecule has 0 radical (unpaired) electrons. The van der Waals surface area contributed by atoms with E-state index in [0.717, 1.165) is 18.4 Å². The first-order valence-electron chi connectivity index (χ1n) is 6.82. The lowest BCUT2D eigenvalue weighted by molar-refractivity contribution is 0.0735. The Morgan fingerprint density at radius 1 is 1.29 bits per heavy atom. The van der Waals surface area contributed by atoms with E-state index in [2.05, 4.69) is 20.9 Å². The third-order valence-corrected chi connectivity index (χ3v) is 4.17. The highest BCUT2D eigenvalue weighted by atomic mass is 79.9. The molecule has 1 aliphatic heterocycles. The molecule has 1 aromatic carbocycles. The van der Waals surface area contributed by atoms with E-state index in [0.29, 0.717) is 16.6 Å². The van der Waals surface area contributed by atoms with Crippen LogP contribution in [0.2, 0.25) is 0 Å². The average molecular weight is 349 g/mol. The first-order chi connectivity index (χ1) is 10.1. The fourth-order valence-corrected chi connectivity index (χ4v) is 3.25. The number of likely N-dealkylation sites (tertiary alicyclic amines) is 1. The van der Waals surface area contributed by atoms with Gasteiger partial charge in [0.05, 0.1) is 6.04 Å². The molecule has 1 amide bonds. The van der Waals surface area contributed by atoms with Gasteiger partial charge in [0.1, 0.15) is 5.82 Å². The molecule has 0 spiro atoms. The van der Waals surface area contributed by atoms with Gasteiger partial charge in [-0.2, -0.15) is 0 Å². The van der Waals surface area contributed by atoms with Crippen molar-refractivity contribution in [1.82, 2.24) is 9.88 Å². The maximum atomic E-state index is 13.5. The molecule has 2 heterocycles. The molecule has 1 saturated heterocycles. The number of nitrogens with zero attached hydrogens (tertiary/aromatic N) is 2. The zero-order valence-corrected chi connectivity index (χ0v) is 12.9. The van der Waals surface area contributed by atoms with Gasteiger partial charge < -0.3 is 4.90 Å². The maximum absolute atomic E-state index is 13.5. The van der Waals surface area contributed by atoms with E-state index < -0.39 is 5.82 Å². The van der Waals surface area contributed by atoms with Crippen LogP contribution >= 0.6 is 15.9 Å². The maximum Gasteiger partial charge on any atom is 0.254 e. The van der Waals surface area contributed by atoms with Crippen molar-refractivity contribution in [2.24, 2.45) is 0 Å². The summed E-state index contributed by atoms with van der Waals surface area (Å²) in [5.41, 5.74) is 1.45. The molecule has 0 saturated carbocycles. The lowest BCUT2D eigenvalue weighted by Crippen LogP contribution is -2.30. The second-order valence-corrected chi connectivity index (χ2v) is 6.01. The van der Waals surface area contributed by atoms with Crippen molar-refractivity contribution in [3.05, 3.63) is 64.1 Å². The largest absolute Gasteiger partial charge is 0.332 e. The second-order valence-electron chi connectivity index (χ2n) is 5.10. The molecule has 1 unspecified atom stereocenters. The number of hydrogen-bond donors (Lipinski definition) is 0. The molecule has 2 aromatic rings. The smallest absolute Gasteiger partial charge is 0.254 e. The molecule has 1 atom stereocenters. The predicted molar refractivity (Wildman–Crippen MR) is 81.3 cm³/mol. The van der Waals surface area contributed by atoms with E-state index in [9.17, 15) is 9.18 Å². The molecule has 0 bridgehead atoms. The van der Waals surface area contributed by atoms with E-state index in [1.807, 2.05) is 17.0 Å². The van der Waals surface area contributed by atoms with Gasteiger partial charge in [-0.3, -0.25) is 9.78 Å². The van der Waals surface area contributed by atoms with Crippen molar-refractivity contribution >= 4 is 21.8 Å². The van der Waals surface area contributed by atoms with Crippen molar-refractivity contribution in [1.29, 1.82) is 0 Å². The highest BCUT2D eigenvalue weighted by molar-refractivity contribution is 9.10. The quantitative estimate of drug-likeness (QED) is 0.822. The summed E-state index contributed by atoms with van der Waals surface area (Å²) in [6.07, 6.45) is 5.34. The fraction of sp³-hybridized carbons (Fsp3) is 0.250. The van der Waals surface area contributed by atoms with Crippen LogP contribution < -0.4 is 0 Å². The minimum Gasteiger partial charge on any atom is -0.332 e. The van der Waals surface area contributed by atoms with Crippen LogP contribution in [0.4, 0.5) is 4.39 Å². The van der Waals surface area contributed by atoms with Crippen molar-refractivity contribution in [2.75, 3.05) is 6.54 Å². The van der Waals surface area contributed by atoms with Gasteiger partial charge in [-0.15, -0.1) is 0 Å². The summed E-state index contributed by atoms with van der Waals surface area (Å²) in [5.74, 6) is -0.540. The Kier molecular flexibility index (Phi) is 4.01. The summed E-state index contributed by atoms with van der Waals surface area (Å²) in [7, 11) is 0. The summed E-state index contributed by atoms with van der Waals surface area (Å²) >= 11 is 3.23. The summed E-state index contributed by atoms with van der Waals surface area (Å²) in [5, 5.41) is 0. The molecule has 21 heavy (non-hydrogen) atoms. The predicted octanol–water partition coefficient (Wildman–Crippen LogP) is 3.96. The van der Waals surface area contributed by atoms with Gasteiger partial charge in [0.2, 0.25) is 0 Å². The molecule has 108 valence electrons. The number of rotatable bonds is 2. The molecule has 0 aliphatic carbocycles. The van der Waals surface area contributed by atoms with E-state index in [-0.39, 0.29) is 11.9 Å². The number of hydrogen-bond acceptors (Lipinski definition) is 2. The summed E-state index contributed by atoms with van der Waals surface area (Å²) in [6, 6.07) is 8.20. The monoisotopic (exact) mass is 348 g/mol. The molecule has 1 aromatic heterocycles. The fourth-order valence-electron chi connectivity index (χ4n) is 2.79. The molecular weight excluding hydrogens is 335 g/mol. The third-order valence-electron chi connectivity index (χ3n) is 3.71. The van der Waals surface area contributed by atoms with Crippen molar-refractivity contribution in [3.63, 3.8) is 0 Å². The number of aromatic nitrogens is 1. The molecular formula is C16H14BrFN2O. The van der Waals surface area contributed by atoms with Crippen LogP contribution in [0.3, 0.4) is 0 Å². The van der Waals surface area contributed by atoms with E-state index in [1.165, 1.54) is 12.1 Å². The summed E-state index contributed by atoms with van der Waals surface area (Å²) in [4.78, 5) is 18.5. The zero-order chi connectivity index (χ0) is 14.8. The van der Waals surface area contributed by atoms with E-state index in [1.54, 1.807) is 18.5 Å². The van der Waals surface area contributed by atoms with Gasteiger partial charge in [-0.1, -0.05) is 15.9 Å². The van der Waals surface area contributed by atoms with Crippen molar-refractivity contribution < 1.29 is 9.18 Å². The first kappa shape index (κ1) is 14.2. The first-order valence-corrected chi connectivity index (χ1v) is 7.61. The third kappa shape index (κ3) is 2.97. The Balaban J connectivity index is 1.90. The summed E-state index contributed by atoms with van der Waals surface area (Å²) in [6.45, 7) is 0.694. The molecule has 1 fully saturated rings. The Hall–Kier alpha value is -1.75. The van der Waals surface area contributed by atoms with Gasteiger partial charge in [-0.25, -0.2) is 4.39 Å². The summed E-state index contributed by atoms with van der Waals surface area (Å²) < 4.78 is 14.1. The zero-order valence-electron chi connectivity index (χ0n) is 11.3. The Labute approximate surface area is 130 Å². The van der Waals surface area contributed by atoms with Crippen LogP contribution in [-0.4, -0.2) is 22.3 Å². The number of carbonyl (C=O) groups is 1. The number of pyridine rings is 1. The molecule has 1 aliphatic rings. The minimum absolute atomic E-state index is 0.0440. The van der Waals surface area contributed by atoms with Gasteiger partial charge in [0, 0.05) is 29.0 Å². The average Bonchev–Trinajstić information content (AvgIpc) is 2.95. The van der Waals surface area contributed by atoms with E-state index >= 15 is 0 Å². The Morgan fingerprint density at radius 3 is 2.76 bits per heavy atom. The number of carbonyl (C=O) groups excluding carboxylic acids is 1. The van der Waals surface area contributed by atoms with Crippen LogP contribution in [0, 0.1) is 5.82 Å². The minimum atomic E-state index is -0.410. The van der Waals surface area contributed by atoms with Gasteiger partial charge in [0.15, 0.2) is 0 Å². The number of halogens is 2. The van der Waals surface area contributed by atoms with Gasteiger partial charge in [-0.05, 0) is 48.7 Å². The highest BCUT2D eigenvalue weighted by Crippen LogP contribution is 2.33. The van der Waals surface area contributed by atoms with Gasteiger partial charge in [0.25, 0.3) is 5.91 Å². The molecule has 3 rings (SSSR count). The van der Waals surface area contributed by atoms with Crippen LogP contribution in [0.1, 0.15) is 34.8 Å². The normalized spacial score (nSPS) is 18.0. The Morgan fingerprint density at radius 2 is 2.05 bits per heavy atom. The number of benzene rings is 1. The molecule has 0 N–H and O–H groups in total. The lowest BCUT2D eigenvalue weighted by atomic mass is 10.1. The lowest BCUT2D eigenvalue weighted by Gasteiger charge is -2.25. The number of amides is 1. The van der Waals surface area contributed by atoms with Crippen molar-refractivity contribution in [2.45, 2.75) is 18.9 Å². The van der Waals surface area contributed by atoms with E-state index in [4.69, 9.17) is 0 Å². The second kappa shape index (κ2) is 5.93. The highest BCUT2D eigenvalue weighted by Gasteiger charge is 2.30. The topological polar surface area (TPSA) is 33.2 Å². The molecule has 5 heteroatoms. The Bertz CT molecular complexity index is 642. The van der Waals surface area contributed by atoms with Crippen LogP contribution in [0.5, 0.6) is 0 Å². The standard InChI is InChI=1S/C16H14BrFN2O/c17-13-8-12(9-14(18)10-13)16(21)20-7-1-2-15(20)11-3-5-19-6-4-11/h3-6,8-10,15H,1-2,7H2. The van der Waals surface area contributed by atoms with Crippen molar-refractivity contribution in [3.8, 4) is 0 Å².